The van der Waals surface area contributed by atoms with Crippen molar-refractivity contribution in [2.75, 3.05) is 19.6 Å². The van der Waals surface area contributed by atoms with Crippen LogP contribution in [0.5, 0.6) is 0 Å². The van der Waals surface area contributed by atoms with Crippen molar-refractivity contribution in [1.82, 2.24) is 9.88 Å². The van der Waals surface area contributed by atoms with Crippen molar-refractivity contribution in [3.05, 3.63) is 36.0 Å². The van der Waals surface area contributed by atoms with Gasteiger partial charge in [-0.25, -0.2) is 0 Å². The molecule has 0 spiro atoms. The van der Waals surface area contributed by atoms with Crippen LogP contribution in [0.1, 0.15) is 18.4 Å². The molecule has 2 nitrogen and oxygen atoms in total. The van der Waals surface area contributed by atoms with Crippen molar-refractivity contribution in [2.45, 2.75) is 31.6 Å². The molecule has 1 aromatic carbocycles. The van der Waals surface area contributed by atoms with Gasteiger partial charge in [-0.05, 0) is 18.1 Å². The van der Waals surface area contributed by atoms with Gasteiger partial charge in [0.05, 0.1) is 12.8 Å². The van der Waals surface area contributed by atoms with E-state index in [2.05, 4.69) is 4.98 Å². The van der Waals surface area contributed by atoms with E-state index in [1.807, 2.05) is 24.3 Å². The highest BCUT2D eigenvalue weighted by atomic mass is 19.4. The maximum Gasteiger partial charge on any atom is 0.390 e. The second-order valence-electron chi connectivity index (χ2n) is 5.68. The van der Waals surface area contributed by atoms with Gasteiger partial charge in [-0.3, -0.25) is 0 Å². The Kier molecular flexibility index (Phi) is 5.79. The van der Waals surface area contributed by atoms with E-state index in [0.717, 1.165) is 16.5 Å². The molecule has 0 amide bonds. The van der Waals surface area contributed by atoms with Crippen LogP contribution in [0.2, 0.25) is 0 Å². The Morgan fingerprint density at radius 2 is 1.42 bits per heavy atom. The summed E-state index contributed by atoms with van der Waals surface area (Å²) in [6.07, 6.45) is -8.85. The summed E-state index contributed by atoms with van der Waals surface area (Å²) in [6.45, 7) is -0.710. The van der Waals surface area contributed by atoms with Crippen LogP contribution >= 0.6 is 0 Å². The lowest BCUT2D eigenvalue weighted by molar-refractivity contribution is -0.145. The van der Waals surface area contributed by atoms with E-state index < -0.39 is 38.3 Å². The minimum Gasteiger partial charge on any atom is -0.361 e. The molecule has 2 aromatic rings. The Bertz CT molecular complexity index is 626. The van der Waals surface area contributed by atoms with Crippen molar-refractivity contribution in [3.8, 4) is 0 Å². The summed E-state index contributed by atoms with van der Waals surface area (Å²) in [7, 11) is 0. The fourth-order valence-electron chi connectivity index (χ4n) is 2.52. The largest absolute Gasteiger partial charge is 0.390 e. The van der Waals surface area contributed by atoms with Gasteiger partial charge in [-0.1, -0.05) is 18.2 Å². The number of aromatic amines is 1. The van der Waals surface area contributed by atoms with Gasteiger partial charge < -0.3 is 9.88 Å². The van der Waals surface area contributed by atoms with Crippen LogP contribution in [-0.4, -0.2) is 41.9 Å². The second-order valence-corrected chi connectivity index (χ2v) is 5.68. The molecular formula is C16H18F6N2. The molecule has 1 N–H and O–H groups in total. The molecule has 0 unspecified atom stereocenters. The van der Waals surface area contributed by atoms with Gasteiger partial charge >= 0.3 is 12.4 Å². The number of hydrogen-bond acceptors (Lipinski definition) is 1. The molecule has 24 heavy (non-hydrogen) atoms. The van der Waals surface area contributed by atoms with Crippen molar-refractivity contribution in [3.63, 3.8) is 0 Å². The van der Waals surface area contributed by atoms with Gasteiger partial charge in [-0.15, -0.1) is 0 Å². The summed E-state index contributed by atoms with van der Waals surface area (Å²) in [5, 5.41) is 0.934. The number of hydrogen-bond donors (Lipinski definition) is 1. The van der Waals surface area contributed by atoms with Crippen LogP contribution in [0.4, 0.5) is 26.3 Å². The predicted octanol–water partition coefficient (Wildman–Crippen LogP) is 4.92. The average Bonchev–Trinajstić information content (AvgIpc) is 2.88. The number of nitrogens with zero attached hydrogens (tertiary/aromatic N) is 1. The van der Waals surface area contributed by atoms with Crippen molar-refractivity contribution < 1.29 is 26.3 Å². The summed E-state index contributed by atoms with van der Waals surface area (Å²) >= 11 is 0. The number of fused-ring (bicyclic) bond motifs is 1. The van der Waals surface area contributed by atoms with Gasteiger partial charge in [0.1, 0.15) is 0 Å². The van der Waals surface area contributed by atoms with E-state index >= 15 is 0 Å². The Morgan fingerprint density at radius 3 is 2.00 bits per heavy atom. The van der Waals surface area contributed by atoms with Crippen molar-refractivity contribution in [2.24, 2.45) is 0 Å². The first-order valence-corrected chi connectivity index (χ1v) is 7.55. The number of H-pyrrole nitrogens is 1. The Balaban J connectivity index is 1.98. The molecule has 8 heteroatoms. The summed E-state index contributed by atoms with van der Waals surface area (Å²) in [5.74, 6) is 0. The first-order valence-electron chi connectivity index (χ1n) is 7.55. The molecule has 134 valence electrons. The fraction of sp³-hybridized carbons (Fsp3) is 0.500. The summed E-state index contributed by atoms with van der Waals surface area (Å²) in [5.41, 5.74) is 1.78. The zero-order valence-corrected chi connectivity index (χ0v) is 12.8. The topological polar surface area (TPSA) is 19.0 Å². The van der Waals surface area contributed by atoms with Gasteiger partial charge in [0.2, 0.25) is 0 Å². The van der Waals surface area contributed by atoms with Crippen molar-refractivity contribution in [1.29, 1.82) is 0 Å². The summed E-state index contributed by atoms with van der Waals surface area (Å²) in [6, 6.07) is 7.42. The Morgan fingerprint density at radius 1 is 0.833 bits per heavy atom. The van der Waals surface area contributed by atoms with Gasteiger partial charge in [-0.2, -0.15) is 26.3 Å². The van der Waals surface area contributed by atoms with Crippen LogP contribution < -0.4 is 0 Å². The highest BCUT2D eigenvalue weighted by Gasteiger charge is 2.30. The van der Waals surface area contributed by atoms with Crippen molar-refractivity contribution >= 4 is 10.9 Å². The number of rotatable bonds is 7. The molecule has 0 aliphatic carbocycles. The van der Waals surface area contributed by atoms with Crippen LogP contribution in [-0.2, 0) is 6.42 Å². The molecule has 0 aliphatic rings. The molecule has 0 saturated heterocycles. The Hall–Kier alpha value is -1.70. The van der Waals surface area contributed by atoms with Gasteiger partial charge in [0.15, 0.2) is 0 Å². The van der Waals surface area contributed by atoms with E-state index in [0.29, 0.717) is 6.42 Å². The predicted molar refractivity (Wildman–Crippen MR) is 79.8 cm³/mol. The molecule has 0 atom stereocenters. The van der Waals surface area contributed by atoms with Crippen LogP contribution in [0.25, 0.3) is 10.9 Å². The molecule has 1 aromatic heterocycles. The number of para-hydroxylation sites is 1. The number of aromatic nitrogens is 1. The third-order valence-corrected chi connectivity index (χ3v) is 3.80. The Labute approximate surface area is 135 Å². The molecule has 0 fully saturated rings. The highest BCUT2D eigenvalue weighted by molar-refractivity contribution is 5.83. The second kappa shape index (κ2) is 7.46. The minimum atomic E-state index is -4.38. The smallest absolute Gasteiger partial charge is 0.361 e. The monoisotopic (exact) mass is 352 g/mol. The molecule has 2 rings (SSSR count). The van der Waals surface area contributed by atoms with E-state index in [1.165, 1.54) is 4.90 Å². The molecule has 1 heterocycles. The van der Waals surface area contributed by atoms with E-state index in [1.54, 1.807) is 6.20 Å². The maximum atomic E-state index is 12.4. The van der Waals surface area contributed by atoms with Crippen LogP contribution in [0, 0.1) is 0 Å². The third-order valence-electron chi connectivity index (χ3n) is 3.80. The lowest BCUT2D eigenvalue weighted by Crippen LogP contribution is -2.33. The number of benzene rings is 1. The SMILES string of the molecule is FC(F)(F)CCN(CCc1c[nH]c2ccccc12)CCC(F)(F)F. The first-order chi connectivity index (χ1) is 11.1. The molecule has 0 aliphatic heterocycles. The van der Waals surface area contributed by atoms with Gasteiger partial charge in [0, 0.05) is 36.7 Å². The zero-order chi connectivity index (χ0) is 17.8. The summed E-state index contributed by atoms with van der Waals surface area (Å²) in [4.78, 5) is 4.27. The summed E-state index contributed by atoms with van der Waals surface area (Å²) < 4.78 is 74.1. The van der Waals surface area contributed by atoms with E-state index in [4.69, 9.17) is 0 Å². The first kappa shape index (κ1) is 18.6. The minimum absolute atomic E-state index is 0.147. The zero-order valence-electron chi connectivity index (χ0n) is 12.8. The molecular weight excluding hydrogens is 334 g/mol. The molecule has 0 bridgehead atoms. The molecule has 0 radical (unpaired) electrons. The van der Waals surface area contributed by atoms with E-state index in [9.17, 15) is 26.3 Å². The van der Waals surface area contributed by atoms with Crippen LogP contribution in [0.15, 0.2) is 30.5 Å². The highest BCUT2D eigenvalue weighted by Crippen LogP contribution is 2.23. The lowest BCUT2D eigenvalue weighted by atomic mass is 10.1. The normalized spacial score (nSPS) is 13.1. The lowest BCUT2D eigenvalue weighted by Gasteiger charge is -2.23. The fourth-order valence-corrected chi connectivity index (χ4v) is 2.52. The number of alkyl halides is 6. The standard InChI is InChI=1S/C16H18F6N2/c17-15(18,19)6-9-24(10-7-16(20,21)22)8-5-12-11-23-14-4-2-1-3-13(12)14/h1-4,11,23H,5-10H2. The van der Waals surface area contributed by atoms with Gasteiger partial charge in [0.25, 0.3) is 0 Å². The molecule has 0 saturated carbocycles. The average molecular weight is 352 g/mol. The van der Waals surface area contributed by atoms with E-state index in [-0.39, 0.29) is 6.54 Å². The van der Waals surface area contributed by atoms with Crippen LogP contribution in [0.3, 0.4) is 0 Å². The number of nitrogens with one attached hydrogen (secondary N) is 1. The number of halogens is 6. The quantitative estimate of drug-likeness (QED) is 0.701. The maximum absolute atomic E-state index is 12.4. The third kappa shape index (κ3) is 6.07.